The first-order valence-electron chi connectivity index (χ1n) is 15.5. The second kappa shape index (κ2) is 15.9. The number of hydrogen-bond donors (Lipinski definition) is 1. The second-order valence-corrected chi connectivity index (χ2v) is 13.9. The van der Waals surface area contributed by atoms with Crippen LogP contribution in [-0.4, -0.2) is 44.3 Å². The Hall–Kier alpha value is -4.14. The summed E-state index contributed by atoms with van der Waals surface area (Å²) in [7, 11) is -4.16. The molecule has 0 radical (unpaired) electrons. The molecule has 0 aliphatic carbocycles. The van der Waals surface area contributed by atoms with Gasteiger partial charge in [0.2, 0.25) is 11.8 Å². The summed E-state index contributed by atoms with van der Waals surface area (Å²) in [6.07, 6.45) is 1.95. The largest absolute Gasteiger partial charge is 0.354 e. The molecule has 0 saturated heterocycles. The molecule has 4 aromatic carbocycles. The third-order valence-electron chi connectivity index (χ3n) is 8.03. The van der Waals surface area contributed by atoms with Crippen LogP contribution in [0, 0.1) is 20.8 Å². The van der Waals surface area contributed by atoms with Crippen LogP contribution < -0.4 is 9.62 Å². The molecule has 0 saturated carbocycles. The predicted molar refractivity (Wildman–Crippen MR) is 185 cm³/mol. The first-order valence-corrected chi connectivity index (χ1v) is 17.3. The van der Waals surface area contributed by atoms with Crippen LogP contribution in [0.15, 0.2) is 102 Å². The maximum atomic E-state index is 14.6. The van der Waals surface area contributed by atoms with Gasteiger partial charge in [-0.3, -0.25) is 13.9 Å². The highest BCUT2D eigenvalue weighted by Crippen LogP contribution is 2.27. The van der Waals surface area contributed by atoms with Crippen molar-refractivity contribution in [1.29, 1.82) is 0 Å². The van der Waals surface area contributed by atoms with Gasteiger partial charge in [0, 0.05) is 24.5 Å². The van der Waals surface area contributed by atoms with E-state index in [-0.39, 0.29) is 23.8 Å². The molecule has 0 aliphatic rings. The number of amides is 2. The Balaban J connectivity index is 1.80. The van der Waals surface area contributed by atoms with Crippen molar-refractivity contribution in [2.45, 2.75) is 64.4 Å². The molecule has 2 amide bonds. The Morgan fingerprint density at radius 2 is 1.50 bits per heavy atom. The zero-order valence-corrected chi connectivity index (χ0v) is 28.4. The molecule has 9 heteroatoms. The van der Waals surface area contributed by atoms with Crippen LogP contribution in [0.3, 0.4) is 0 Å². The van der Waals surface area contributed by atoms with Gasteiger partial charge in [0.1, 0.15) is 12.6 Å². The number of halogens is 1. The number of nitrogens with zero attached hydrogens (tertiary/aromatic N) is 2. The fourth-order valence-electron chi connectivity index (χ4n) is 5.09. The molecule has 0 bridgehead atoms. The van der Waals surface area contributed by atoms with Gasteiger partial charge >= 0.3 is 0 Å². The van der Waals surface area contributed by atoms with Crippen molar-refractivity contribution < 1.29 is 18.0 Å². The van der Waals surface area contributed by atoms with Crippen molar-refractivity contribution in [2.75, 3.05) is 17.4 Å². The number of anilines is 1. The zero-order valence-electron chi connectivity index (χ0n) is 26.9. The van der Waals surface area contributed by atoms with Gasteiger partial charge in [-0.15, -0.1) is 0 Å². The number of carbonyl (C=O) groups is 2. The lowest BCUT2D eigenvalue weighted by Gasteiger charge is -2.34. The van der Waals surface area contributed by atoms with Gasteiger partial charge in [-0.1, -0.05) is 91.2 Å². The van der Waals surface area contributed by atoms with Gasteiger partial charge in [-0.2, -0.15) is 0 Å². The second-order valence-electron chi connectivity index (χ2n) is 11.6. The Bertz CT molecular complexity index is 1730. The van der Waals surface area contributed by atoms with Gasteiger partial charge in [0.05, 0.1) is 10.6 Å². The minimum atomic E-state index is -4.16. The normalized spacial score (nSPS) is 11.9. The number of rotatable bonds is 14. The van der Waals surface area contributed by atoms with E-state index in [2.05, 4.69) is 5.32 Å². The third kappa shape index (κ3) is 8.98. The van der Waals surface area contributed by atoms with E-state index >= 15 is 0 Å². The molecule has 4 rings (SSSR count). The molecule has 7 nitrogen and oxygen atoms in total. The smallest absolute Gasteiger partial charge is 0.264 e. The van der Waals surface area contributed by atoms with Gasteiger partial charge in [0.15, 0.2) is 0 Å². The van der Waals surface area contributed by atoms with Crippen LogP contribution in [0.4, 0.5) is 5.69 Å². The van der Waals surface area contributed by atoms with Crippen LogP contribution in [0.25, 0.3) is 0 Å². The lowest BCUT2D eigenvalue weighted by molar-refractivity contribution is -0.140. The zero-order chi connectivity index (χ0) is 33.3. The van der Waals surface area contributed by atoms with Gasteiger partial charge < -0.3 is 10.2 Å². The van der Waals surface area contributed by atoms with E-state index in [4.69, 9.17) is 11.6 Å². The van der Waals surface area contributed by atoms with Crippen molar-refractivity contribution in [1.82, 2.24) is 10.2 Å². The minimum absolute atomic E-state index is 0.0755. The van der Waals surface area contributed by atoms with Gasteiger partial charge in [0.25, 0.3) is 10.0 Å². The summed E-state index contributed by atoms with van der Waals surface area (Å²) in [5, 5.41) is 3.55. The lowest BCUT2D eigenvalue weighted by atomic mass is 10.0. The van der Waals surface area contributed by atoms with Crippen molar-refractivity contribution in [3.63, 3.8) is 0 Å². The molecule has 0 spiro atoms. The molecule has 0 aromatic heterocycles. The highest BCUT2D eigenvalue weighted by molar-refractivity contribution is 7.92. The Morgan fingerprint density at radius 1 is 0.826 bits per heavy atom. The number of nitrogens with one attached hydrogen (secondary N) is 1. The summed E-state index contributed by atoms with van der Waals surface area (Å²) in [5.41, 5.74) is 4.82. The Kier molecular flexibility index (Phi) is 12.0. The molecule has 0 aliphatic heterocycles. The lowest BCUT2D eigenvalue weighted by Crippen LogP contribution is -2.53. The predicted octanol–water partition coefficient (Wildman–Crippen LogP) is 7.02. The van der Waals surface area contributed by atoms with E-state index in [1.165, 1.54) is 4.90 Å². The minimum Gasteiger partial charge on any atom is -0.354 e. The van der Waals surface area contributed by atoms with Gasteiger partial charge in [-0.05, 0) is 85.8 Å². The molecule has 0 fully saturated rings. The van der Waals surface area contributed by atoms with E-state index < -0.39 is 28.5 Å². The highest BCUT2D eigenvalue weighted by atomic mass is 35.5. The van der Waals surface area contributed by atoms with E-state index in [9.17, 15) is 18.0 Å². The van der Waals surface area contributed by atoms with E-state index in [0.717, 1.165) is 45.0 Å². The number of sulfonamides is 1. The van der Waals surface area contributed by atoms with Crippen molar-refractivity contribution in [2.24, 2.45) is 0 Å². The molecular formula is C37H42ClN3O4S. The Morgan fingerprint density at radius 3 is 2.13 bits per heavy atom. The fraction of sp³-hybridized carbons (Fsp3) is 0.297. The van der Waals surface area contributed by atoms with Crippen LogP contribution in [0.1, 0.15) is 47.6 Å². The van der Waals surface area contributed by atoms with E-state index in [1.54, 1.807) is 60.7 Å². The summed E-state index contributed by atoms with van der Waals surface area (Å²) in [5.74, 6) is -0.797. The van der Waals surface area contributed by atoms with Crippen LogP contribution in [-0.2, 0) is 32.6 Å². The molecule has 4 aromatic rings. The standard InChI is InChI=1S/C37H42ClN3O4S/c1-5-6-22-39-37(43)35(24-30-10-8-7-9-11-30)40(25-31-15-17-32(38)18-16-31)36(42)26-41(33-19-14-28(3)29(4)23-33)46(44,45)34-20-12-27(2)13-21-34/h7-21,23,35H,5-6,22,24-26H2,1-4H3,(H,39,43)/t35-/m0/s1. The molecule has 1 N–H and O–H groups in total. The monoisotopic (exact) mass is 659 g/mol. The number of benzene rings is 4. The van der Waals surface area contributed by atoms with Crippen molar-refractivity contribution >= 4 is 39.1 Å². The number of carbonyl (C=O) groups excluding carboxylic acids is 2. The molecule has 0 heterocycles. The van der Waals surface area contributed by atoms with Gasteiger partial charge in [-0.25, -0.2) is 8.42 Å². The summed E-state index contributed by atoms with van der Waals surface area (Å²) in [6.45, 7) is 7.83. The van der Waals surface area contributed by atoms with Crippen molar-refractivity contribution in [3.05, 3.63) is 130 Å². The first-order chi connectivity index (χ1) is 22.0. The third-order valence-corrected chi connectivity index (χ3v) is 10.1. The molecule has 46 heavy (non-hydrogen) atoms. The molecule has 1 atom stereocenters. The quantitative estimate of drug-likeness (QED) is 0.148. The number of hydrogen-bond acceptors (Lipinski definition) is 4. The first kappa shape index (κ1) is 34.7. The van der Waals surface area contributed by atoms with Crippen LogP contribution >= 0.6 is 11.6 Å². The average molecular weight is 660 g/mol. The topological polar surface area (TPSA) is 86.8 Å². The fourth-order valence-corrected chi connectivity index (χ4v) is 6.63. The molecule has 242 valence electrons. The van der Waals surface area contributed by atoms with Crippen LogP contribution in [0.5, 0.6) is 0 Å². The summed E-state index contributed by atoms with van der Waals surface area (Å²) in [6, 6.07) is 27.6. The molecular weight excluding hydrogens is 618 g/mol. The summed E-state index contributed by atoms with van der Waals surface area (Å²) >= 11 is 6.16. The molecule has 0 unspecified atom stereocenters. The van der Waals surface area contributed by atoms with Crippen LogP contribution in [0.2, 0.25) is 5.02 Å². The summed E-state index contributed by atoms with van der Waals surface area (Å²) in [4.78, 5) is 30.0. The summed E-state index contributed by atoms with van der Waals surface area (Å²) < 4.78 is 29.6. The maximum absolute atomic E-state index is 14.6. The number of unbranched alkanes of at least 4 members (excludes halogenated alkanes) is 1. The van der Waals surface area contributed by atoms with Crippen molar-refractivity contribution in [3.8, 4) is 0 Å². The average Bonchev–Trinajstić information content (AvgIpc) is 3.04. The van der Waals surface area contributed by atoms with E-state index in [1.807, 2.05) is 64.1 Å². The highest BCUT2D eigenvalue weighted by Gasteiger charge is 2.34. The van der Waals surface area contributed by atoms with E-state index in [0.29, 0.717) is 17.3 Å². The Labute approximate surface area is 278 Å². The SMILES string of the molecule is CCCCNC(=O)[C@H](Cc1ccccc1)N(Cc1ccc(Cl)cc1)C(=O)CN(c1ccc(C)c(C)c1)S(=O)(=O)c1ccc(C)cc1. The maximum Gasteiger partial charge on any atom is 0.264 e. The number of aryl methyl sites for hydroxylation is 3.